The van der Waals surface area contributed by atoms with Gasteiger partial charge in [0, 0.05) is 25.2 Å². The molecule has 0 aromatic carbocycles. The van der Waals surface area contributed by atoms with Crippen LogP contribution in [0.3, 0.4) is 0 Å². The van der Waals surface area contributed by atoms with Gasteiger partial charge in [-0.25, -0.2) is 9.59 Å². The van der Waals surface area contributed by atoms with Crippen LogP contribution in [0.25, 0.3) is 0 Å². The third-order valence-corrected chi connectivity index (χ3v) is 4.95. The minimum absolute atomic E-state index is 0.0589. The average Bonchev–Trinajstić information content (AvgIpc) is 2.51. The van der Waals surface area contributed by atoms with Crippen LogP contribution in [-0.4, -0.2) is 80.8 Å². The molecule has 176 valence electrons. The van der Waals surface area contributed by atoms with Gasteiger partial charge in [-0.2, -0.15) is 0 Å². The standard InChI is InChI=1S/2C11H21NO3/c2*1-8-7-9(13)5-6-12(8)10(14)15-11(2,3)4/h2*8-9,13H,5-7H2,1-4H3/t8-,9+;8-,9-/m10/s1. The minimum atomic E-state index is -0.452. The van der Waals surface area contributed by atoms with Gasteiger partial charge in [-0.3, -0.25) is 0 Å². The van der Waals surface area contributed by atoms with E-state index in [9.17, 15) is 19.8 Å². The van der Waals surface area contributed by atoms with Crippen molar-refractivity contribution in [3.63, 3.8) is 0 Å². The molecule has 2 fully saturated rings. The molecule has 30 heavy (non-hydrogen) atoms. The van der Waals surface area contributed by atoms with Crippen LogP contribution in [0.15, 0.2) is 0 Å². The van der Waals surface area contributed by atoms with Crippen molar-refractivity contribution in [1.29, 1.82) is 0 Å². The third-order valence-electron chi connectivity index (χ3n) is 4.95. The van der Waals surface area contributed by atoms with Crippen molar-refractivity contribution in [2.45, 2.75) is 117 Å². The Hall–Kier alpha value is -1.54. The van der Waals surface area contributed by atoms with E-state index < -0.39 is 11.2 Å². The molecular formula is C22H42N2O6. The Morgan fingerprint density at radius 3 is 1.27 bits per heavy atom. The predicted octanol–water partition coefficient (Wildman–Crippen LogP) is 3.53. The van der Waals surface area contributed by atoms with Gasteiger partial charge >= 0.3 is 12.2 Å². The number of hydrogen-bond acceptors (Lipinski definition) is 6. The molecular weight excluding hydrogens is 388 g/mol. The fraction of sp³-hybridized carbons (Fsp3) is 0.909. The van der Waals surface area contributed by atoms with E-state index in [1.165, 1.54) is 0 Å². The second-order valence-electron chi connectivity index (χ2n) is 10.4. The molecule has 2 aliphatic rings. The van der Waals surface area contributed by atoms with Crippen LogP contribution in [0, 0.1) is 0 Å². The van der Waals surface area contributed by atoms with Crippen molar-refractivity contribution < 1.29 is 29.3 Å². The van der Waals surface area contributed by atoms with E-state index in [4.69, 9.17) is 9.47 Å². The topological polar surface area (TPSA) is 99.5 Å². The molecule has 2 rings (SSSR count). The lowest BCUT2D eigenvalue weighted by Gasteiger charge is -2.36. The van der Waals surface area contributed by atoms with Crippen LogP contribution >= 0.6 is 0 Å². The Balaban J connectivity index is 0.000000300. The number of rotatable bonds is 0. The van der Waals surface area contributed by atoms with Gasteiger partial charge in [0.15, 0.2) is 0 Å². The molecule has 2 N–H and O–H groups in total. The highest BCUT2D eigenvalue weighted by atomic mass is 16.6. The van der Waals surface area contributed by atoms with Crippen molar-refractivity contribution >= 4 is 12.2 Å². The number of likely N-dealkylation sites (tertiary alicyclic amines) is 2. The number of nitrogens with zero attached hydrogens (tertiary/aromatic N) is 2. The molecule has 0 aromatic rings. The summed E-state index contributed by atoms with van der Waals surface area (Å²) in [5, 5.41) is 18.9. The summed E-state index contributed by atoms with van der Waals surface area (Å²) in [5.41, 5.74) is -0.903. The normalized spacial score (nSPS) is 27.7. The lowest BCUT2D eigenvalue weighted by molar-refractivity contribution is -0.00589. The van der Waals surface area contributed by atoms with Gasteiger partial charge in [0.2, 0.25) is 0 Å². The van der Waals surface area contributed by atoms with E-state index in [1.807, 2.05) is 55.4 Å². The smallest absolute Gasteiger partial charge is 0.410 e. The molecule has 8 nitrogen and oxygen atoms in total. The lowest BCUT2D eigenvalue weighted by Crippen LogP contribution is -2.47. The van der Waals surface area contributed by atoms with Gasteiger partial charge in [0.25, 0.3) is 0 Å². The van der Waals surface area contributed by atoms with Gasteiger partial charge in [0.1, 0.15) is 11.2 Å². The fourth-order valence-electron chi connectivity index (χ4n) is 3.48. The summed E-state index contributed by atoms with van der Waals surface area (Å²) in [6.45, 7) is 16.2. The molecule has 2 heterocycles. The second kappa shape index (κ2) is 10.7. The average molecular weight is 431 g/mol. The van der Waals surface area contributed by atoms with E-state index in [-0.39, 0.29) is 36.5 Å². The highest BCUT2D eigenvalue weighted by Crippen LogP contribution is 2.21. The van der Waals surface area contributed by atoms with Crippen LogP contribution in [-0.2, 0) is 9.47 Å². The Bertz CT molecular complexity index is 519. The molecule has 2 saturated heterocycles. The summed E-state index contributed by atoms with van der Waals surface area (Å²) in [7, 11) is 0. The first-order chi connectivity index (χ1) is 13.6. The molecule has 0 radical (unpaired) electrons. The summed E-state index contributed by atoms with van der Waals surface area (Å²) in [6.07, 6.45) is 1.45. The van der Waals surface area contributed by atoms with Gasteiger partial charge < -0.3 is 29.5 Å². The first kappa shape index (κ1) is 26.5. The van der Waals surface area contributed by atoms with Gasteiger partial charge in [-0.05, 0) is 81.1 Å². The maximum absolute atomic E-state index is 11.8. The lowest BCUT2D eigenvalue weighted by atomic mass is 10.0. The van der Waals surface area contributed by atoms with E-state index in [0.29, 0.717) is 38.8 Å². The molecule has 0 spiro atoms. The molecule has 0 saturated carbocycles. The quantitative estimate of drug-likeness (QED) is 0.610. The predicted molar refractivity (Wildman–Crippen MR) is 115 cm³/mol. The summed E-state index contributed by atoms with van der Waals surface area (Å²) in [5.74, 6) is 0. The van der Waals surface area contributed by atoms with E-state index in [0.717, 1.165) is 0 Å². The Morgan fingerprint density at radius 2 is 1.03 bits per heavy atom. The van der Waals surface area contributed by atoms with Crippen molar-refractivity contribution in [3.8, 4) is 0 Å². The molecule has 8 heteroatoms. The number of aliphatic hydroxyl groups is 2. The molecule has 2 aliphatic heterocycles. The van der Waals surface area contributed by atoms with Crippen molar-refractivity contribution in [1.82, 2.24) is 9.80 Å². The Kier molecular flexibility index (Phi) is 9.42. The number of amides is 2. The third kappa shape index (κ3) is 9.51. The first-order valence-corrected chi connectivity index (χ1v) is 10.9. The number of aliphatic hydroxyl groups excluding tert-OH is 2. The molecule has 2 amide bonds. The van der Waals surface area contributed by atoms with Gasteiger partial charge in [-0.1, -0.05) is 0 Å². The summed E-state index contributed by atoms with van der Waals surface area (Å²) in [6, 6.07) is 0.118. The monoisotopic (exact) mass is 430 g/mol. The highest BCUT2D eigenvalue weighted by molar-refractivity contribution is 5.69. The Morgan fingerprint density at radius 1 is 0.733 bits per heavy atom. The maximum atomic E-state index is 11.8. The van der Waals surface area contributed by atoms with Crippen molar-refractivity contribution in [2.75, 3.05) is 13.1 Å². The number of carbonyl (C=O) groups is 2. The van der Waals surface area contributed by atoms with Gasteiger partial charge in [-0.15, -0.1) is 0 Å². The fourth-order valence-corrected chi connectivity index (χ4v) is 3.48. The van der Waals surface area contributed by atoms with Crippen molar-refractivity contribution in [2.24, 2.45) is 0 Å². The molecule has 4 atom stereocenters. The van der Waals surface area contributed by atoms with E-state index in [2.05, 4.69) is 0 Å². The Labute approximate surface area is 181 Å². The summed E-state index contributed by atoms with van der Waals surface area (Å²) in [4.78, 5) is 26.9. The van der Waals surface area contributed by atoms with E-state index in [1.54, 1.807) is 9.80 Å². The van der Waals surface area contributed by atoms with E-state index >= 15 is 0 Å². The van der Waals surface area contributed by atoms with Gasteiger partial charge in [0.05, 0.1) is 12.2 Å². The first-order valence-electron chi connectivity index (χ1n) is 10.9. The number of piperidine rings is 2. The van der Waals surface area contributed by atoms with Crippen LogP contribution in [0.4, 0.5) is 9.59 Å². The zero-order chi connectivity index (χ0) is 23.3. The number of carbonyl (C=O) groups excluding carboxylic acids is 2. The molecule has 0 bridgehead atoms. The van der Waals surface area contributed by atoms with Crippen LogP contribution < -0.4 is 0 Å². The summed E-state index contributed by atoms with van der Waals surface area (Å²) >= 11 is 0. The summed E-state index contributed by atoms with van der Waals surface area (Å²) < 4.78 is 10.6. The maximum Gasteiger partial charge on any atom is 0.410 e. The van der Waals surface area contributed by atoms with Crippen LogP contribution in [0.1, 0.15) is 81.1 Å². The number of ether oxygens (including phenoxy) is 2. The highest BCUT2D eigenvalue weighted by Gasteiger charge is 2.31. The number of hydrogen-bond donors (Lipinski definition) is 2. The second-order valence-corrected chi connectivity index (χ2v) is 10.4. The molecule has 0 unspecified atom stereocenters. The van der Waals surface area contributed by atoms with Crippen molar-refractivity contribution in [3.05, 3.63) is 0 Å². The SMILES string of the molecule is C[C@@H]1C[C@@H](O)CCN1C(=O)OC(C)(C)C.C[C@H]1C[C@@H](O)CCN1C(=O)OC(C)(C)C. The molecule has 0 aliphatic carbocycles. The zero-order valence-electron chi connectivity index (χ0n) is 20.0. The van der Waals surface area contributed by atoms with Crippen LogP contribution in [0.2, 0.25) is 0 Å². The van der Waals surface area contributed by atoms with Crippen LogP contribution in [0.5, 0.6) is 0 Å². The molecule has 0 aromatic heterocycles. The minimum Gasteiger partial charge on any atom is -0.444 e. The largest absolute Gasteiger partial charge is 0.444 e. The zero-order valence-corrected chi connectivity index (χ0v) is 20.0.